The van der Waals surface area contributed by atoms with Crippen molar-refractivity contribution in [3.8, 4) is 0 Å². The molecule has 134 valence electrons. The van der Waals surface area contributed by atoms with Crippen LogP contribution < -0.4 is 5.32 Å². The average Bonchev–Trinajstić information content (AvgIpc) is 3.02. The molecule has 1 aromatic carbocycles. The molecule has 0 fully saturated rings. The molecule has 0 spiro atoms. The minimum Gasteiger partial charge on any atom is -0.479 e. The van der Waals surface area contributed by atoms with Gasteiger partial charge < -0.3 is 14.9 Å². The summed E-state index contributed by atoms with van der Waals surface area (Å²) in [4.78, 5) is 27.7. The molecule has 0 aliphatic carbocycles. The molecule has 0 bridgehead atoms. The van der Waals surface area contributed by atoms with Gasteiger partial charge in [-0.15, -0.1) is 0 Å². The molecule has 2 N–H and O–H groups in total. The Labute approximate surface area is 144 Å². The van der Waals surface area contributed by atoms with Gasteiger partial charge in [0, 0.05) is 18.8 Å². The highest BCUT2D eigenvalue weighted by atomic mass is 19.1. The lowest BCUT2D eigenvalue weighted by atomic mass is 10.0. The van der Waals surface area contributed by atoms with Crippen LogP contribution in [0.15, 0.2) is 22.7 Å². The Morgan fingerprint density at radius 3 is 2.64 bits per heavy atom. The number of aryl methyl sites for hydroxylation is 2. The third-order valence-electron chi connectivity index (χ3n) is 3.63. The Morgan fingerprint density at radius 2 is 2.08 bits per heavy atom. The summed E-state index contributed by atoms with van der Waals surface area (Å²) in [5, 5.41) is 15.6. The molecule has 0 aliphatic heterocycles. The Balaban J connectivity index is 2.00. The van der Waals surface area contributed by atoms with Crippen molar-refractivity contribution in [2.24, 2.45) is 0 Å². The maximum absolute atomic E-state index is 13.3. The van der Waals surface area contributed by atoms with Gasteiger partial charge in [0.2, 0.25) is 11.8 Å². The summed E-state index contributed by atoms with van der Waals surface area (Å²) in [5.74, 6) is -1.14. The molecular weight excluding hydrogens is 329 g/mol. The maximum atomic E-state index is 13.3. The van der Waals surface area contributed by atoms with Crippen LogP contribution >= 0.6 is 0 Å². The van der Waals surface area contributed by atoms with Crippen LogP contribution in [0.3, 0.4) is 0 Å². The molecule has 0 saturated heterocycles. The number of halogens is 1. The third kappa shape index (κ3) is 4.85. The molecule has 1 atom stereocenters. The van der Waals surface area contributed by atoms with Crippen molar-refractivity contribution in [3.05, 3.63) is 46.9 Å². The predicted octanol–water partition coefficient (Wildman–Crippen LogP) is 2.52. The van der Waals surface area contributed by atoms with Crippen molar-refractivity contribution >= 4 is 11.9 Å². The van der Waals surface area contributed by atoms with E-state index in [0.717, 1.165) is 0 Å². The lowest BCUT2D eigenvalue weighted by Gasteiger charge is -2.15. The second-order valence-corrected chi connectivity index (χ2v) is 6.05. The number of aromatic nitrogens is 2. The fourth-order valence-electron chi connectivity index (χ4n) is 2.19. The van der Waals surface area contributed by atoms with Gasteiger partial charge in [-0.2, -0.15) is 4.98 Å². The first kappa shape index (κ1) is 18.6. The van der Waals surface area contributed by atoms with E-state index in [9.17, 15) is 19.1 Å². The van der Waals surface area contributed by atoms with E-state index in [0.29, 0.717) is 22.8 Å². The van der Waals surface area contributed by atoms with Crippen LogP contribution in [0.25, 0.3) is 0 Å². The minimum absolute atomic E-state index is 0.00366. The zero-order chi connectivity index (χ0) is 18.6. The fourth-order valence-corrected chi connectivity index (χ4v) is 2.19. The molecular formula is C17H20FN3O4. The molecule has 1 heterocycles. The molecule has 0 aliphatic rings. The van der Waals surface area contributed by atoms with E-state index in [-0.39, 0.29) is 18.8 Å². The summed E-state index contributed by atoms with van der Waals surface area (Å²) < 4.78 is 18.4. The Bertz CT molecular complexity index is 773. The number of rotatable bonds is 7. The van der Waals surface area contributed by atoms with Crippen LogP contribution in [0.1, 0.15) is 55.1 Å². The average molecular weight is 349 g/mol. The molecule has 8 heteroatoms. The quantitative estimate of drug-likeness (QED) is 0.796. The van der Waals surface area contributed by atoms with Crippen LogP contribution in [0.5, 0.6) is 0 Å². The van der Waals surface area contributed by atoms with Crippen molar-refractivity contribution < 1.29 is 23.6 Å². The van der Waals surface area contributed by atoms with Crippen molar-refractivity contribution in [3.63, 3.8) is 0 Å². The molecule has 2 rings (SSSR count). The van der Waals surface area contributed by atoms with Crippen LogP contribution in [0.2, 0.25) is 0 Å². The highest BCUT2D eigenvalue weighted by molar-refractivity contribution is 5.84. The first-order valence-corrected chi connectivity index (χ1v) is 7.88. The minimum atomic E-state index is -1.25. The van der Waals surface area contributed by atoms with Crippen molar-refractivity contribution in [1.29, 1.82) is 0 Å². The summed E-state index contributed by atoms with van der Waals surface area (Å²) >= 11 is 0. The van der Waals surface area contributed by atoms with E-state index in [4.69, 9.17) is 4.52 Å². The normalized spacial score (nSPS) is 12.2. The smallest absolute Gasteiger partial charge is 0.330 e. The topological polar surface area (TPSA) is 105 Å². The Hall–Kier alpha value is -2.77. The van der Waals surface area contributed by atoms with Crippen molar-refractivity contribution in [2.75, 3.05) is 0 Å². The Kier molecular flexibility index (Phi) is 5.84. The molecule has 1 amide bonds. The standard InChI is InChI=1S/C17H20FN3O4/c1-9(2)16-20-14(25-21-16)7-6-13(22)19-15(17(23)24)11-4-5-12(18)10(3)8-11/h4-5,8-9,15H,6-7H2,1-3H3,(H,19,22)(H,23,24). The summed E-state index contributed by atoms with van der Waals surface area (Å²) in [6.45, 7) is 5.37. The van der Waals surface area contributed by atoms with Gasteiger partial charge >= 0.3 is 5.97 Å². The number of amides is 1. The monoisotopic (exact) mass is 349 g/mol. The molecule has 2 aromatic rings. The van der Waals surface area contributed by atoms with Gasteiger partial charge in [0.25, 0.3) is 0 Å². The van der Waals surface area contributed by atoms with Gasteiger partial charge in [-0.1, -0.05) is 31.1 Å². The number of benzene rings is 1. The summed E-state index contributed by atoms with van der Waals surface area (Å²) in [7, 11) is 0. The van der Waals surface area contributed by atoms with E-state index in [1.54, 1.807) is 0 Å². The van der Waals surface area contributed by atoms with E-state index < -0.39 is 23.7 Å². The van der Waals surface area contributed by atoms with Crippen molar-refractivity contribution in [2.45, 2.75) is 45.6 Å². The summed E-state index contributed by atoms with van der Waals surface area (Å²) in [5.41, 5.74) is 0.615. The van der Waals surface area contributed by atoms with E-state index in [2.05, 4.69) is 15.5 Å². The fraction of sp³-hybridized carbons (Fsp3) is 0.412. The number of carbonyl (C=O) groups is 2. The number of carbonyl (C=O) groups excluding carboxylic acids is 1. The van der Waals surface area contributed by atoms with E-state index in [1.807, 2.05) is 13.8 Å². The van der Waals surface area contributed by atoms with Gasteiger partial charge in [0.1, 0.15) is 5.82 Å². The first-order valence-electron chi connectivity index (χ1n) is 7.88. The Morgan fingerprint density at radius 1 is 1.36 bits per heavy atom. The largest absolute Gasteiger partial charge is 0.479 e. The predicted molar refractivity (Wildman–Crippen MR) is 86.4 cm³/mol. The van der Waals surface area contributed by atoms with Crippen molar-refractivity contribution in [1.82, 2.24) is 15.5 Å². The molecule has 25 heavy (non-hydrogen) atoms. The zero-order valence-electron chi connectivity index (χ0n) is 14.2. The SMILES string of the molecule is Cc1cc(C(NC(=O)CCc2nc(C(C)C)no2)C(=O)O)ccc1F. The van der Waals surface area contributed by atoms with Gasteiger partial charge in [-0.3, -0.25) is 4.79 Å². The summed E-state index contributed by atoms with van der Waals surface area (Å²) in [6, 6.07) is 2.68. The van der Waals surface area contributed by atoms with E-state index >= 15 is 0 Å². The van der Waals surface area contributed by atoms with Crippen LogP contribution in [0.4, 0.5) is 4.39 Å². The highest BCUT2D eigenvalue weighted by Gasteiger charge is 2.23. The van der Waals surface area contributed by atoms with Crippen LogP contribution in [-0.4, -0.2) is 27.1 Å². The number of carboxylic acids is 1. The molecule has 7 nitrogen and oxygen atoms in total. The van der Waals surface area contributed by atoms with Gasteiger partial charge in [-0.05, 0) is 24.1 Å². The molecule has 0 radical (unpaired) electrons. The first-order chi connectivity index (χ1) is 11.8. The number of aliphatic carboxylic acids is 1. The van der Waals surface area contributed by atoms with Gasteiger partial charge in [-0.25, -0.2) is 9.18 Å². The van der Waals surface area contributed by atoms with E-state index in [1.165, 1.54) is 25.1 Å². The molecule has 1 unspecified atom stereocenters. The number of nitrogens with zero attached hydrogens (tertiary/aromatic N) is 2. The number of carboxylic acid groups (broad SMARTS) is 1. The lowest BCUT2D eigenvalue weighted by molar-refractivity contribution is -0.142. The van der Waals surface area contributed by atoms with Crippen LogP contribution in [-0.2, 0) is 16.0 Å². The second-order valence-electron chi connectivity index (χ2n) is 6.05. The third-order valence-corrected chi connectivity index (χ3v) is 3.63. The number of hydrogen-bond donors (Lipinski definition) is 2. The second kappa shape index (κ2) is 7.87. The highest BCUT2D eigenvalue weighted by Crippen LogP contribution is 2.18. The zero-order valence-corrected chi connectivity index (χ0v) is 14.2. The lowest BCUT2D eigenvalue weighted by Crippen LogP contribution is -2.34. The van der Waals surface area contributed by atoms with Gasteiger partial charge in [0.15, 0.2) is 11.9 Å². The summed E-state index contributed by atoms with van der Waals surface area (Å²) in [6.07, 6.45) is 0.212. The van der Waals surface area contributed by atoms with Crippen LogP contribution in [0, 0.1) is 12.7 Å². The number of hydrogen-bond acceptors (Lipinski definition) is 5. The number of nitrogens with one attached hydrogen (secondary N) is 1. The molecule has 0 saturated carbocycles. The maximum Gasteiger partial charge on any atom is 0.330 e. The van der Waals surface area contributed by atoms with Gasteiger partial charge in [0.05, 0.1) is 0 Å². The molecule has 1 aromatic heterocycles.